The summed E-state index contributed by atoms with van der Waals surface area (Å²) in [5, 5.41) is 3.35. The maximum atomic E-state index is 13.1. The molecule has 1 fully saturated rings. The van der Waals surface area contributed by atoms with Crippen LogP contribution in [0, 0.1) is 0 Å². The fourth-order valence-electron chi connectivity index (χ4n) is 3.47. The van der Waals surface area contributed by atoms with E-state index in [0.29, 0.717) is 21.3 Å². The van der Waals surface area contributed by atoms with Crippen molar-refractivity contribution in [3.63, 3.8) is 0 Å². The molecule has 1 heterocycles. The normalized spacial score (nSPS) is 13.9. The first kappa shape index (κ1) is 30.2. The second kappa shape index (κ2) is 13.9. The molecule has 3 rings (SSSR count). The summed E-state index contributed by atoms with van der Waals surface area (Å²) in [5.41, 5.74) is 0.960. The van der Waals surface area contributed by atoms with E-state index >= 15 is 0 Å². The van der Waals surface area contributed by atoms with Gasteiger partial charge in [-0.25, -0.2) is 0 Å². The molecule has 186 valence electrons. The van der Waals surface area contributed by atoms with Gasteiger partial charge in [0.15, 0.2) is 5.78 Å². The van der Waals surface area contributed by atoms with E-state index < -0.39 is 0 Å². The Bertz CT molecular complexity index is 1010. The Labute approximate surface area is 222 Å². The molecule has 1 aliphatic rings. The van der Waals surface area contributed by atoms with Gasteiger partial charge in [-0.3, -0.25) is 19.3 Å². The monoisotopic (exact) mass is 548 g/mol. The van der Waals surface area contributed by atoms with E-state index in [1.165, 1.54) is 11.0 Å². The Morgan fingerprint density at radius 1 is 0.971 bits per heavy atom. The summed E-state index contributed by atoms with van der Waals surface area (Å²) in [7, 11) is 3.61. The Morgan fingerprint density at radius 2 is 1.62 bits per heavy atom. The zero-order valence-corrected chi connectivity index (χ0v) is 22.1. The van der Waals surface area contributed by atoms with Gasteiger partial charge in [0, 0.05) is 49.4 Å². The highest BCUT2D eigenvalue weighted by atomic mass is 35.5. The lowest BCUT2D eigenvalue weighted by atomic mass is 10.0. The van der Waals surface area contributed by atoms with E-state index in [4.69, 9.17) is 23.2 Å². The molecule has 2 aromatic rings. The Balaban J connectivity index is 0.00000289. The number of nitrogens with zero attached hydrogens (tertiary/aromatic N) is 3. The zero-order valence-electron chi connectivity index (χ0n) is 18.9. The van der Waals surface area contributed by atoms with E-state index in [1.807, 2.05) is 7.05 Å². The fourth-order valence-corrected chi connectivity index (χ4v) is 3.86. The number of halogens is 4. The number of likely N-dealkylation sites (N-methyl/N-ethyl adjacent to an activating group) is 2. The molecule has 0 unspecified atom stereocenters. The van der Waals surface area contributed by atoms with Gasteiger partial charge in [0.05, 0.1) is 23.8 Å². The first-order valence-electron chi connectivity index (χ1n) is 10.3. The summed E-state index contributed by atoms with van der Waals surface area (Å²) in [5.74, 6) is -0.904. The van der Waals surface area contributed by atoms with Gasteiger partial charge < -0.3 is 15.1 Å². The van der Waals surface area contributed by atoms with Crippen LogP contribution < -0.4 is 10.2 Å². The topological polar surface area (TPSA) is 73.0 Å². The molecule has 0 aromatic heterocycles. The fraction of sp³-hybridized carbons (Fsp3) is 0.348. The average molecular weight is 550 g/mol. The first-order chi connectivity index (χ1) is 15.3. The van der Waals surface area contributed by atoms with Gasteiger partial charge in [0.2, 0.25) is 11.8 Å². The smallest absolute Gasteiger partial charge is 0.246 e. The number of benzene rings is 2. The number of carbonyl (C=O) groups excluding carboxylic acids is 3. The lowest BCUT2D eigenvalue weighted by Crippen LogP contribution is -2.49. The summed E-state index contributed by atoms with van der Waals surface area (Å²) in [6.07, 6.45) is 0. The lowest BCUT2D eigenvalue weighted by molar-refractivity contribution is -0.125. The van der Waals surface area contributed by atoms with Crippen LogP contribution in [0.5, 0.6) is 0 Å². The van der Waals surface area contributed by atoms with Crippen LogP contribution in [-0.4, -0.2) is 80.8 Å². The van der Waals surface area contributed by atoms with Gasteiger partial charge in [-0.05, 0) is 37.4 Å². The van der Waals surface area contributed by atoms with Crippen LogP contribution >= 0.6 is 48.0 Å². The van der Waals surface area contributed by atoms with Crippen molar-refractivity contribution >= 4 is 71.3 Å². The third kappa shape index (κ3) is 7.83. The van der Waals surface area contributed by atoms with Crippen LogP contribution in [0.4, 0.5) is 5.69 Å². The second-order valence-electron chi connectivity index (χ2n) is 7.78. The largest absolute Gasteiger partial charge is 0.346 e. The van der Waals surface area contributed by atoms with Crippen molar-refractivity contribution in [2.75, 3.05) is 58.3 Å². The van der Waals surface area contributed by atoms with Crippen molar-refractivity contribution in [1.82, 2.24) is 15.1 Å². The Kier molecular flexibility index (Phi) is 12.3. The van der Waals surface area contributed by atoms with Crippen LogP contribution in [0.15, 0.2) is 42.5 Å². The van der Waals surface area contributed by atoms with Crippen molar-refractivity contribution in [1.29, 1.82) is 0 Å². The molecule has 0 radical (unpaired) electrons. The van der Waals surface area contributed by atoms with E-state index in [1.54, 1.807) is 43.4 Å². The number of amides is 2. The number of ketones is 1. The third-order valence-electron chi connectivity index (χ3n) is 5.46. The van der Waals surface area contributed by atoms with Crippen LogP contribution in [0.1, 0.15) is 15.9 Å². The molecular formula is C23H28Cl4N4O3. The zero-order chi connectivity index (χ0) is 23.3. The van der Waals surface area contributed by atoms with E-state index in [-0.39, 0.29) is 61.1 Å². The lowest BCUT2D eigenvalue weighted by Gasteiger charge is -2.31. The molecule has 34 heavy (non-hydrogen) atoms. The van der Waals surface area contributed by atoms with E-state index in [0.717, 1.165) is 26.2 Å². The molecule has 2 aromatic carbocycles. The highest BCUT2D eigenvalue weighted by Gasteiger charge is 2.22. The summed E-state index contributed by atoms with van der Waals surface area (Å²) < 4.78 is 0. The number of piperazine rings is 1. The average Bonchev–Trinajstić information content (AvgIpc) is 2.78. The molecule has 0 saturated carbocycles. The predicted octanol–water partition coefficient (Wildman–Crippen LogP) is 3.39. The number of rotatable bonds is 7. The molecule has 1 N–H and O–H groups in total. The molecule has 1 aliphatic heterocycles. The van der Waals surface area contributed by atoms with Crippen molar-refractivity contribution in [2.24, 2.45) is 0 Å². The van der Waals surface area contributed by atoms with Crippen LogP contribution in [0.3, 0.4) is 0 Å². The molecule has 7 nitrogen and oxygen atoms in total. The number of hydrogen-bond acceptors (Lipinski definition) is 5. The minimum absolute atomic E-state index is 0. The molecule has 1 saturated heterocycles. The molecule has 0 spiro atoms. The third-order valence-corrected chi connectivity index (χ3v) is 6.02. The number of carbonyl (C=O) groups is 3. The molecular weight excluding hydrogens is 522 g/mol. The van der Waals surface area contributed by atoms with Crippen LogP contribution in [0.2, 0.25) is 10.0 Å². The van der Waals surface area contributed by atoms with Crippen LogP contribution in [-0.2, 0) is 9.59 Å². The summed E-state index contributed by atoms with van der Waals surface area (Å²) >= 11 is 12.3. The standard InChI is InChI=1S/C23H26Cl2N4O3.2ClH/c1-27-9-11-29(12-10-27)15-21(30)26-14-22(31)28(2)20-8-7-16(24)13-18(20)23(32)17-5-3-4-6-19(17)25;;/h3-8,13H,9-12,14-15H2,1-2H3,(H,26,30);2*1H. The first-order valence-corrected chi connectivity index (χ1v) is 11.0. The quantitative estimate of drug-likeness (QED) is 0.536. The van der Waals surface area contributed by atoms with Gasteiger partial charge in [-0.15, -0.1) is 24.8 Å². The molecule has 11 heteroatoms. The highest BCUT2D eigenvalue weighted by Crippen LogP contribution is 2.28. The molecule has 0 aliphatic carbocycles. The van der Waals surface area contributed by atoms with Crippen molar-refractivity contribution in [3.05, 3.63) is 63.6 Å². The molecule has 0 atom stereocenters. The summed E-state index contributed by atoms with van der Waals surface area (Å²) in [4.78, 5) is 43.8. The van der Waals surface area contributed by atoms with E-state index in [9.17, 15) is 14.4 Å². The van der Waals surface area contributed by atoms with Gasteiger partial charge in [-0.1, -0.05) is 35.3 Å². The highest BCUT2D eigenvalue weighted by molar-refractivity contribution is 6.36. The predicted molar refractivity (Wildman–Crippen MR) is 141 cm³/mol. The molecule has 2 amide bonds. The SMILES string of the molecule is CN1CCN(CC(=O)NCC(=O)N(C)c2ccc(Cl)cc2C(=O)c2ccccc2Cl)CC1.Cl.Cl. The van der Waals surface area contributed by atoms with Gasteiger partial charge >= 0.3 is 0 Å². The second-order valence-corrected chi connectivity index (χ2v) is 8.62. The van der Waals surface area contributed by atoms with Crippen molar-refractivity contribution < 1.29 is 14.4 Å². The van der Waals surface area contributed by atoms with Gasteiger partial charge in [-0.2, -0.15) is 0 Å². The van der Waals surface area contributed by atoms with Crippen molar-refractivity contribution in [2.45, 2.75) is 0 Å². The maximum Gasteiger partial charge on any atom is 0.246 e. The molecule has 0 bridgehead atoms. The van der Waals surface area contributed by atoms with E-state index in [2.05, 4.69) is 15.1 Å². The minimum Gasteiger partial charge on any atom is -0.346 e. The number of hydrogen-bond donors (Lipinski definition) is 1. The van der Waals surface area contributed by atoms with Crippen molar-refractivity contribution in [3.8, 4) is 0 Å². The Hall–Kier alpha value is -1.87. The van der Waals surface area contributed by atoms with Gasteiger partial charge in [0.25, 0.3) is 0 Å². The van der Waals surface area contributed by atoms with Crippen LogP contribution in [0.25, 0.3) is 0 Å². The minimum atomic E-state index is -0.354. The number of nitrogens with one attached hydrogen (secondary N) is 1. The number of anilines is 1. The van der Waals surface area contributed by atoms with Gasteiger partial charge in [0.1, 0.15) is 0 Å². The maximum absolute atomic E-state index is 13.1. The summed E-state index contributed by atoms with van der Waals surface area (Å²) in [6.45, 7) is 3.53. The summed E-state index contributed by atoms with van der Waals surface area (Å²) in [6, 6.07) is 11.4. The Morgan fingerprint density at radius 3 is 2.26 bits per heavy atom.